The standard InChI is InChI=1S/C20H27ClN4O/c1-4-24-10-8-16(9-11-24)23-20(26)18-13-22-25(19(18)14(2)3)17-7-5-6-15(21)12-17/h5-7,12-14,16H,4,8-11H2,1-3H3,(H,23,26). The van der Waals surface area contributed by atoms with Crippen molar-refractivity contribution in [2.24, 2.45) is 0 Å². The Morgan fingerprint density at radius 1 is 1.35 bits per heavy atom. The SMILES string of the molecule is CCN1CCC(NC(=O)c2cnn(-c3cccc(Cl)c3)c2C(C)C)CC1. The number of hydrogen-bond donors (Lipinski definition) is 1. The normalized spacial score (nSPS) is 16.2. The molecule has 0 bridgehead atoms. The lowest BCUT2D eigenvalue weighted by molar-refractivity contribution is 0.0911. The summed E-state index contributed by atoms with van der Waals surface area (Å²) in [4.78, 5) is 15.3. The summed E-state index contributed by atoms with van der Waals surface area (Å²) in [5.74, 6) is 0.135. The molecule has 0 unspecified atom stereocenters. The number of hydrogen-bond acceptors (Lipinski definition) is 3. The van der Waals surface area contributed by atoms with Crippen molar-refractivity contribution < 1.29 is 4.79 Å². The number of halogens is 1. The van der Waals surface area contributed by atoms with Gasteiger partial charge in [0.25, 0.3) is 5.91 Å². The van der Waals surface area contributed by atoms with Gasteiger partial charge in [-0.2, -0.15) is 5.10 Å². The smallest absolute Gasteiger partial charge is 0.255 e. The minimum Gasteiger partial charge on any atom is -0.349 e. The van der Waals surface area contributed by atoms with Gasteiger partial charge in [0, 0.05) is 24.2 Å². The van der Waals surface area contributed by atoms with Crippen LogP contribution in [0.4, 0.5) is 0 Å². The first-order valence-corrected chi connectivity index (χ1v) is 9.74. The Kier molecular flexibility index (Phi) is 5.99. The zero-order valence-corrected chi connectivity index (χ0v) is 16.5. The van der Waals surface area contributed by atoms with Crippen LogP contribution in [0.1, 0.15) is 55.6 Å². The molecule has 5 nitrogen and oxygen atoms in total. The van der Waals surface area contributed by atoms with Crippen LogP contribution in [-0.2, 0) is 0 Å². The van der Waals surface area contributed by atoms with Crippen molar-refractivity contribution in [3.05, 3.63) is 46.7 Å². The van der Waals surface area contributed by atoms with Gasteiger partial charge in [0.1, 0.15) is 0 Å². The van der Waals surface area contributed by atoms with Crippen LogP contribution in [0, 0.1) is 0 Å². The molecule has 1 fully saturated rings. The zero-order chi connectivity index (χ0) is 18.7. The van der Waals surface area contributed by atoms with Crippen LogP contribution in [0.2, 0.25) is 5.02 Å². The van der Waals surface area contributed by atoms with Gasteiger partial charge < -0.3 is 10.2 Å². The second kappa shape index (κ2) is 8.23. The largest absolute Gasteiger partial charge is 0.349 e. The van der Waals surface area contributed by atoms with E-state index in [0.29, 0.717) is 10.6 Å². The highest BCUT2D eigenvalue weighted by Gasteiger charge is 2.25. The number of piperidine rings is 1. The van der Waals surface area contributed by atoms with Crippen molar-refractivity contribution in [3.63, 3.8) is 0 Å². The fraction of sp³-hybridized carbons (Fsp3) is 0.500. The second-order valence-electron chi connectivity index (χ2n) is 7.17. The summed E-state index contributed by atoms with van der Waals surface area (Å²) in [5, 5.41) is 8.34. The molecule has 0 atom stereocenters. The van der Waals surface area contributed by atoms with Gasteiger partial charge in [-0.1, -0.05) is 38.4 Å². The van der Waals surface area contributed by atoms with E-state index < -0.39 is 0 Å². The van der Waals surface area contributed by atoms with E-state index in [4.69, 9.17) is 11.6 Å². The summed E-state index contributed by atoms with van der Waals surface area (Å²) in [6, 6.07) is 7.78. The van der Waals surface area contributed by atoms with Crippen LogP contribution in [0.15, 0.2) is 30.5 Å². The number of benzene rings is 1. The number of nitrogens with zero attached hydrogens (tertiary/aromatic N) is 3. The molecule has 2 aromatic rings. The van der Waals surface area contributed by atoms with Crippen molar-refractivity contribution in [2.45, 2.75) is 45.6 Å². The Morgan fingerprint density at radius 3 is 2.69 bits per heavy atom. The molecule has 26 heavy (non-hydrogen) atoms. The van der Waals surface area contributed by atoms with Crippen LogP contribution in [0.5, 0.6) is 0 Å². The van der Waals surface area contributed by atoms with Crippen LogP contribution in [-0.4, -0.2) is 46.3 Å². The molecule has 1 aromatic heterocycles. The van der Waals surface area contributed by atoms with E-state index in [1.165, 1.54) is 0 Å². The summed E-state index contributed by atoms with van der Waals surface area (Å²) in [6.45, 7) is 9.49. The highest BCUT2D eigenvalue weighted by Crippen LogP contribution is 2.25. The fourth-order valence-electron chi connectivity index (χ4n) is 3.56. The molecule has 0 spiro atoms. The van der Waals surface area contributed by atoms with E-state index in [9.17, 15) is 4.79 Å². The van der Waals surface area contributed by atoms with Crippen LogP contribution < -0.4 is 5.32 Å². The summed E-state index contributed by atoms with van der Waals surface area (Å²) < 4.78 is 1.82. The maximum atomic E-state index is 12.9. The van der Waals surface area contributed by atoms with Gasteiger partial charge in [-0.25, -0.2) is 4.68 Å². The Hall–Kier alpha value is -1.85. The van der Waals surface area contributed by atoms with Gasteiger partial charge >= 0.3 is 0 Å². The molecule has 0 aliphatic carbocycles. The number of likely N-dealkylation sites (tertiary alicyclic amines) is 1. The first-order valence-electron chi connectivity index (χ1n) is 9.36. The summed E-state index contributed by atoms with van der Waals surface area (Å²) in [7, 11) is 0. The van der Waals surface area contributed by atoms with E-state index >= 15 is 0 Å². The van der Waals surface area contributed by atoms with Gasteiger partial charge in [-0.15, -0.1) is 0 Å². The van der Waals surface area contributed by atoms with E-state index in [0.717, 1.165) is 43.9 Å². The number of rotatable bonds is 5. The van der Waals surface area contributed by atoms with Gasteiger partial charge in [-0.05, 0) is 43.5 Å². The third-order valence-electron chi connectivity index (χ3n) is 5.02. The van der Waals surface area contributed by atoms with Crippen molar-refractivity contribution in [1.29, 1.82) is 0 Å². The van der Waals surface area contributed by atoms with E-state index in [1.807, 2.05) is 28.9 Å². The number of amides is 1. The number of aromatic nitrogens is 2. The lowest BCUT2D eigenvalue weighted by atomic mass is 10.0. The van der Waals surface area contributed by atoms with Gasteiger partial charge in [0.05, 0.1) is 23.1 Å². The average Bonchev–Trinajstić information content (AvgIpc) is 3.08. The second-order valence-corrected chi connectivity index (χ2v) is 7.61. The maximum absolute atomic E-state index is 12.9. The quantitative estimate of drug-likeness (QED) is 0.864. The molecule has 1 N–H and O–H groups in total. The van der Waals surface area contributed by atoms with Gasteiger partial charge in [-0.3, -0.25) is 4.79 Å². The average molecular weight is 375 g/mol. The Balaban J connectivity index is 1.80. The van der Waals surface area contributed by atoms with Crippen LogP contribution >= 0.6 is 11.6 Å². The molecule has 1 aromatic carbocycles. The highest BCUT2D eigenvalue weighted by molar-refractivity contribution is 6.30. The Morgan fingerprint density at radius 2 is 2.08 bits per heavy atom. The molecule has 140 valence electrons. The maximum Gasteiger partial charge on any atom is 0.255 e. The van der Waals surface area contributed by atoms with Gasteiger partial charge in [0.15, 0.2) is 0 Å². The fourth-order valence-corrected chi connectivity index (χ4v) is 3.74. The first kappa shape index (κ1) is 18.9. The predicted molar refractivity (Wildman–Crippen MR) is 105 cm³/mol. The molecule has 1 aliphatic rings. The monoisotopic (exact) mass is 374 g/mol. The molecule has 1 aliphatic heterocycles. The number of nitrogens with one attached hydrogen (secondary N) is 1. The zero-order valence-electron chi connectivity index (χ0n) is 15.7. The highest BCUT2D eigenvalue weighted by atomic mass is 35.5. The topological polar surface area (TPSA) is 50.2 Å². The molecule has 6 heteroatoms. The van der Waals surface area contributed by atoms with Crippen molar-refractivity contribution >= 4 is 17.5 Å². The molecule has 0 radical (unpaired) electrons. The Bertz CT molecular complexity index is 763. The van der Waals surface area contributed by atoms with Crippen molar-refractivity contribution in [1.82, 2.24) is 20.0 Å². The van der Waals surface area contributed by atoms with Crippen LogP contribution in [0.3, 0.4) is 0 Å². The van der Waals surface area contributed by atoms with E-state index in [1.54, 1.807) is 6.20 Å². The number of carbonyl (C=O) groups excluding carboxylic acids is 1. The Labute approximate surface area is 160 Å². The van der Waals surface area contributed by atoms with Crippen LogP contribution in [0.25, 0.3) is 5.69 Å². The minimum absolute atomic E-state index is 0.0306. The van der Waals surface area contributed by atoms with Gasteiger partial charge in [0.2, 0.25) is 0 Å². The lowest BCUT2D eigenvalue weighted by Crippen LogP contribution is -2.44. The lowest BCUT2D eigenvalue weighted by Gasteiger charge is -2.31. The van der Waals surface area contributed by atoms with E-state index in [2.05, 4.69) is 36.1 Å². The molecule has 2 heterocycles. The molecule has 3 rings (SSSR count). The molecular weight excluding hydrogens is 348 g/mol. The first-order chi connectivity index (χ1) is 12.5. The third kappa shape index (κ3) is 4.10. The van der Waals surface area contributed by atoms with E-state index in [-0.39, 0.29) is 17.9 Å². The molecule has 1 amide bonds. The third-order valence-corrected chi connectivity index (χ3v) is 5.26. The predicted octanol–water partition coefficient (Wildman–Crippen LogP) is 3.86. The molecular formula is C20H27ClN4O. The summed E-state index contributed by atoms with van der Waals surface area (Å²) in [5.41, 5.74) is 2.44. The van der Waals surface area contributed by atoms with Crippen molar-refractivity contribution in [2.75, 3.05) is 19.6 Å². The van der Waals surface area contributed by atoms with Crippen molar-refractivity contribution in [3.8, 4) is 5.69 Å². The minimum atomic E-state index is -0.0306. The molecule has 1 saturated heterocycles. The number of carbonyl (C=O) groups is 1. The summed E-state index contributed by atoms with van der Waals surface area (Å²) >= 11 is 6.12. The molecule has 0 saturated carbocycles. The summed E-state index contributed by atoms with van der Waals surface area (Å²) in [6.07, 6.45) is 3.67.